The van der Waals surface area contributed by atoms with Gasteiger partial charge in [0.15, 0.2) is 0 Å². The summed E-state index contributed by atoms with van der Waals surface area (Å²) < 4.78 is 1.15. The van der Waals surface area contributed by atoms with Crippen molar-refractivity contribution in [1.29, 1.82) is 0 Å². The minimum atomic E-state index is -0.519. The highest BCUT2D eigenvalue weighted by molar-refractivity contribution is 6.05. The standard InChI is InChI=1S/C8H6N2O3/c11-6-4-10-5(8(13)9-6)2-1-3-7(10)12/h1-3H,4H2,(H,9,11,13). The minimum Gasteiger partial charge on any atom is -0.294 e. The second-order valence-corrected chi connectivity index (χ2v) is 2.71. The molecule has 2 amide bonds. The Bertz CT molecular complexity index is 447. The van der Waals surface area contributed by atoms with Crippen LogP contribution in [0, 0.1) is 0 Å². The molecule has 5 heteroatoms. The first-order valence-corrected chi connectivity index (χ1v) is 3.72. The van der Waals surface area contributed by atoms with Gasteiger partial charge >= 0.3 is 0 Å². The van der Waals surface area contributed by atoms with Gasteiger partial charge in [-0.1, -0.05) is 6.07 Å². The van der Waals surface area contributed by atoms with Crippen molar-refractivity contribution in [1.82, 2.24) is 9.88 Å². The maximum absolute atomic E-state index is 11.2. The number of nitrogens with zero attached hydrogens (tertiary/aromatic N) is 1. The first-order valence-electron chi connectivity index (χ1n) is 3.72. The number of imide groups is 1. The average molecular weight is 178 g/mol. The van der Waals surface area contributed by atoms with E-state index in [0.717, 1.165) is 4.57 Å². The summed E-state index contributed by atoms with van der Waals surface area (Å²) in [5.74, 6) is -0.972. The fraction of sp³-hybridized carbons (Fsp3) is 0.125. The fourth-order valence-electron chi connectivity index (χ4n) is 1.26. The van der Waals surface area contributed by atoms with Gasteiger partial charge in [0.05, 0.1) is 0 Å². The van der Waals surface area contributed by atoms with Gasteiger partial charge in [-0.2, -0.15) is 0 Å². The van der Waals surface area contributed by atoms with E-state index >= 15 is 0 Å². The van der Waals surface area contributed by atoms with Gasteiger partial charge in [0.2, 0.25) is 5.91 Å². The van der Waals surface area contributed by atoms with Gasteiger partial charge in [0, 0.05) is 6.07 Å². The highest BCUT2D eigenvalue weighted by Gasteiger charge is 2.21. The van der Waals surface area contributed by atoms with Crippen LogP contribution in [0.25, 0.3) is 0 Å². The van der Waals surface area contributed by atoms with E-state index in [1.54, 1.807) is 0 Å². The van der Waals surface area contributed by atoms with E-state index in [-0.39, 0.29) is 17.8 Å². The number of fused-ring (bicyclic) bond motifs is 1. The Hall–Kier alpha value is -1.91. The summed E-state index contributed by atoms with van der Waals surface area (Å²) in [6, 6.07) is 4.31. The summed E-state index contributed by atoms with van der Waals surface area (Å²) >= 11 is 0. The highest BCUT2D eigenvalue weighted by Crippen LogP contribution is 2.00. The van der Waals surface area contributed by atoms with Crippen LogP contribution in [-0.2, 0) is 11.3 Å². The molecule has 66 valence electrons. The van der Waals surface area contributed by atoms with Crippen molar-refractivity contribution >= 4 is 11.8 Å². The molecular formula is C8H6N2O3. The number of nitrogens with one attached hydrogen (secondary N) is 1. The Morgan fingerprint density at radius 3 is 2.77 bits per heavy atom. The van der Waals surface area contributed by atoms with Crippen LogP contribution in [0.1, 0.15) is 10.5 Å². The summed E-state index contributed by atoms with van der Waals surface area (Å²) in [6.45, 7) is -0.0826. The Balaban J connectivity index is 2.68. The van der Waals surface area contributed by atoms with Crippen molar-refractivity contribution in [2.75, 3.05) is 0 Å². The number of pyridine rings is 1. The number of hydrogen-bond donors (Lipinski definition) is 1. The van der Waals surface area contributed by atoms with Gasteiger partial charge in [-0.25, -0.2) is 0 Å². The van der Waals surface area contributed by atoms with E-state index in [4.69, 9.17) is 0 Å². The van der Waals surface area contributed by atoms with Crippen molar-refractivity contribution in [3.05, 3.63) is 34.2 Å². The molecule has 5 nitrogen and oxygen atoms in total. The lowest BCUT2D eigenvalue weighted by Crippen LogP contribution is -2.44. The molecule has 2 rings (SSSR count). The van der Waals surface area contributed by atoms with Crippen LogP contribution in [0.3, 0.4) is 0 Å². The third-order valence-electron chi connectivity index (χ3n) is 1.84. The smallest absolute Gasteiger partial charge is 0.274 e. The van der Waals surface area contributed by atoms with Crippen LogP contribution in [0.15, 0.2) is 23.0 Å². The predicted molar refractivity (Wildman–Crippen MR) is 43.2 cm³/mol. The minimum absolute atomic E-state index is 0.0826. The molecule has 1 N–H and O–H groups in total. The molecule has 1 aromatic rings. The number of amides is 2. The molecule has 0 bridgehead atoms. The highest BCUT2D eigenvalue weighted by atomic mass is 16.2. The van der Waals surface area contributed by atoms with Crippen molar-refractivity contribution in [3.63, 3.8) is 0 Å². The fourth-order valence-corrected chi connectivity index (χ4v) is 1.26. The Morgan fingerprint density at radius 1 is 1.23 bits per heavy atom. The second kappa shape index (κ2) is 2.55. The monoisotopic (exact) mass is 178 g/mol. The molecule has 0 fully saturated rings. The van der Waals surface area contributed by atoms with Gasteiger partial charge < -0.3 is 0 Å². The van der Waals surface area contributed by atoms with Gasteiger partial charge in [-0.05, 0) is 6.07 Å². The third-order valence-corrected chi connectivity index (χ3v) is 1.84. The number of hydrogen-bond acceptors (Lipinski definition) is 3. The van der Waals surface area contributed by atoms with Gasteiger partial charge in [0.25, 0.3) is 11.5 Å². The summed E-state index contributed by atoms with van der Waals surface area (Å²) in [4.78, 5) is 33.2. The van der Waals surface area contributed by atoms with Crippen molar-refractivity contribution in [2.24, 2.45) is 0 Å². The van der Waals surface area contributed by atoms with Gasteiger partial charge in [0.1, 0.15) is 12.2 Å². The molecule has 1 aliphatic heterocycles. The molecular weight excluding hydrogens is 172 g/mol. The first-order chi connectivity index (χ1) is 6.18. The summed E-state index contributed by atoms with van der Waals surface area (Å²) in [6.07, 6.45) is 0. The SMILES string of the molecule is O=C1Cn2c(cccc2=O)C(=O)N1. The van der Waals surface area contributed by atoms with E-state index in [0.29, 0.717) is 0 Å². The first kappa shape index (κ1) is 7.72. The van der Waals surface area contributed by atoms with E-state index in [1.807, 2.05) is 0 Å². The summed E-state index contributed by atoms with van der Waals surface area (Å²) in [5.41, 5.74) is -0.104. The van der Waals surface area contributed by atoms with Crippen LogP contribution in [0.5, 0.6) is 0 Å². The normalized spacial score (nSPS) is 15.1. The van der Waals surface area contributed by atoms with Crippen LogP contribution >= 0.6 is 0 Å². The molecule has 2 heterocycles. The zero-order chi connectivity index (χ0) is 9.42. The molecule has 1 aliphatic rings. The zero-order valence-corrected chi connectivity index (χ0v) is 6.61. The molecule has 0 aromatic carbocycles. The zero-order valence-electron chi connectivity index (χ0n) is 6.61. The lowest BCUT2D eigenvalue weighted by molar-refractivity contribution is -0.121. The Kier molecular flexibility index (Phi) is 1.51. The quantitative estimate of drug-likeness (QED) is 0.524. The lowest BCUT2D eigenvalue weighted by atomic mass is 10.2. The predicted octanol–water partition coefficient (Wildman–Crippen LogP) is -0.882. The molecule has 0 aliphatic carbocycles. The maximum atomic E-state index is 11.2. The molecule has 0 unspecified atom stereocenters. The number of carbonyl (C=O) groups excluding carboxylic acids is 2. The maximum Gasteiger partial charge on any atom is 0.274 e. The molecule has 0 radical (unpaired) electrons. The second-order valence-electron chi connectivity index (χ2n) is 2.71. The Morgan fingerprint density at radius 2 is 2.00 bits per heavy atom. The molecule has 1 aromatic heterocycles. The number of aromatic nitrogens is 1. The third kappa shape index (κ3) is 1.14. The van der Waals surface area contributed by atoms with Gasteiger partial charge in [-0.15, -0.1) is 0 Å². The van der Waals surface area contributed by atoms with E-state index in [9.17, 15) is 14.4 Å². The van der Waals surface area contributed by atoms with Crippen LogP contribution < -0.4 is 10.9 Å². The van der Waals surface area contributed by atoms with Crippen LogP contribution in [0.2, 0.25) is 0 Å². The lowest BCUT2D eigenvalue weighted by Gasteiger charge is -2.16. The molecule has 13 heavy (non-hydrogen) atoms. The average Bonchev–Trinajstić information content (AvgIpc) is 2.07. The van der Waals surface area contributed by atoms with Crippen molar-refractivity contribution in [3.8, 4) is 0 Å². The number of rotatable bonds is 0. The van der Waals surface area contributed by atoms with Crippen LogP contribution in [0.4, 0.5) is 0 Å². The topological polar surface area (TPSA) is 68.2 Å². The summed E-state index contributed by atoms with van der Waals surface area (Å²) in [7, 11) is 0. The molecule has 0 saturated heterocycles. The van der Waals surface area contributed by atoms with E-state index < -0.39 is 11.8 Å². The van der Waals surface area contributed by atoms with Crippen molar-refractivity contribution < 1.29 is 9.59 Å². The molecule has 0 atom stereocenters. The molecule has 0 spiro atoms. The van der Waals surface area contributed by atoms with Crippen LogP contribution in [-0.4, -0.2) is 16.4 Å². The van der Waals surface area contributed by atoms with E-state index in [1.165, 1.54) is 18.2 Å². The summed E-state index contributed by atoms with van der Waals surface area (Å²) in [5, 5.41) is 2.13. The number of carbonyl (C=O) groups is 2. The largest absolute Gasteiger partial charge is 0.294 e. The molecule has 0 saturated carbocycles. The van der Waals surface area contributed by atoms with E-state index in [2.05, 4.69) is 5.32 Å². The van der Waals surface area contributed by atoms with Crippen molar-refractivity contribution in [2.45, 2.75) is 6.54 Å². The Labute approximate surface area is 73.0 Å². The van der Waals surface area contributed by atoms with Gasteiger partial charge in [-0.3, -0.25) is 24.3 Å².